The lowest BCUT2D eigenvalue weighted by molar-refractivity contribution is 0.526. The van der Waals surface area contributed by atoms with Gasteiger partial charge in [-0.1, -0.05) is 36.8 Å². The Bertz CT molecular complexity index is 521. The molecule has 0 spiro atoms. The van der Waals surface area contributed by atoms with Crippen molar-refractivity contribution in [3.8, 4) is 0 Å². The number of furan rings is 1. The van der Waals surface area contributed by atoms with E-state index in [0.29, 0.717) is 6.04 Å². The van der Waals surface area contributed by atoms with Gasteiger partial charge in [-0.3, -0.25) is 0 Å². The lowest BCUT2D eigenvalue weighted by atomic mass is 10.1. The largest absolute Gasteiger partial charge is 0.468 e. The summed E-state index contributed by atoms with van der Waals surface area (Å²) in [6, 6.07) is 11.1. The minimum Gasteiger partial charge on any atom is -0.468 e. The van der Waals surface area contributed by atoms with E-state index in [0.717, 1.165) is 18.1 Å². The molecule has 19 heavy (non-hydrogen) atoms. The first-order valence-corrected chi connectivity index (χ1v) is 7.66. The summed E-state index contributed by atoms with van der Waals surface area (Å²) < 4.78 is 5.34. The molecule has 2 rings (SSSR count). The maximum absolute atomic E-state index is 5.34. The van der Waals surface area contributed by atoms with E-state index in [4.69, 9.17) is 4.42 Å². The molecule has 0 fully saturated rings. The topological polar surface area (TPSA) is 25.2 Å². The van der Waals surface area contributed by atoms with Crippen LogP contribution in [0.5, 0.6) is 0 Å². The average molecular weight is 275 g/mol. The standard InChI is InChI=1S/C16H21NOS/c1-4-17-15(14-7-5-6-12(2)10-14)11-19-16-8-9-18-13(16)3/h5-10,15,17H,4,11H2,1-3H3. The van der Waals surface area contributed by atoms with Gasteiger partial charge in [0, 0.05) is 16.7 Å². The first-order chi connectivity index (χ1) is 9.20. The SMILES string of the molecule is CCNC(CSc1ccoc1C)c1cccc(C)c1. The van der Waals surface area contributed by atoms with Gasteiger partial charge in [-0.15, -0.1) is 11.8 Å². The number of thioether (sulfide) groups is 1. The van der Waals surface area contributed by atoms with E-state index in [1.807, 2.05) is 24.8 Å². The van der Waals surface area contributed by atoms with Gasteiger partial charge >= 0.3 is 0 Å². The predicted molar refractivity (Wildman–Crippen MR) is 81.8 cm³/mol. The Kier molecular flexibility index (Phi) is 5.11. The molecular formula is C16H21NOS. The number of rotatable bonds is 6. The molecule has 3 heteroatoms. The van der Waals surface area contributed by atoms with Gasteiger partial charge in [-0.05, 0) is 32.0 Å². The van der Waals surface area contributed by atoms with Crippen LogP contribution >= 0.6 is 11.8 Å². The average Bonchev–Trinajstić information content (AvgIpc) is 2.80. The van der Waals surface area contributed by atoms with Crippen LogP contribution in [0.4, 0.5) is 0 Å². The Morgan fingerprint density at radius 3 is 2.74 bits per heavy atom. The van der Waals surface area contributed by atoms with Gasteiger partial charge in [0.1, 0.15) is 5.76 Å². The van der Waals surface area contributed by atoms with Gasteiger partial charge in [0.25, 0.3) is 0 Å². The van der Waals surface area contributed by atoms with Crippen LogP contribution in [0.2, 0.25) is 0 Å². The van der Waals surface area contributed by atoms with E-state index >= 15 is 0 Å². The Hall–Kier alpha value is -1.19. The maximum Gasteiger partial charge on any atom is 0.114 e. The van der Waals surface area contributed by atoms with Gasteiger partial charge in [0.15, 0.2) is 0 Å². The third-order valence-corrected chi connectivity index (χ3v) is 4.35. The summed E-state index contributed by atoms with van der Waals surface area (Å²) in [6.07, 6.45) is 1.76. The molecule has 0 aliphatic carbocycles. The van der Waals surface area contributed by atoms with Crippen molar-refractivity contribution >= 4 is 11.8 Å². The van der Waals surface area contributed by atoms with E-state index in [1.165, 1.54) is 16.0 Å². The maximum atomic E-state index is 5.34. The fourth-order valence-corrected chi connectivity index (χ4v) is 3.16. The van der Waals surface area contributed by atoms with Gasteiger partial charge in [-0.2, -0.15) is 0 Å². The summed E-state index contributed by atoms with van der Waals surface area (Å²) in [5, 5.41) is 3.56. The highest BCUT2D eigenvalue weighted by atomic mass is 32.2. The van der Waals surface area contributed by atoms with Crippen molar-refractivity contribution in [2.45, 2.75) is 31.7 Å². The van der Waals surface area contributed by atoms with E-state index < -0.39 is 0 Å². The van der Waals surface area contributed by atoms with Crippen LogP contribution < -0.4 is 5.32 Å². The normalized spacial score (nSPS) is 12.6. The van der Waals surface area contributed by atoms with Gasteiger partial charge < -0.3 is 9.73 Å². The summed E-state index contributed by atoms with van der Waals surface area (Å²) in [5.41, 5.74) is 2.67. The number of aryl methyl sites for hydroxylation is 2. The molecular weight excluding hydrogens is 254 g/mol. The zero-order valence-electron chi connectivity index (χ0n) is 11.8. The van der Waals surface area contributed by atoms with Gasteiger partial charge in [-0.25, -0.2) is 0 Å². The second-order valence-electron chi connectivity index (χ2n) is 4.68. The highest BCUT2D eigenvalue weighted by Crippen LogP contribution is 2.28. The fourth-order valence-electron chi connectivity index (χ4n) is 2.10. The molecule has 1 N–H and O–H groups in total. The predicted octanol–water partition coefficient (Wildman–Crippen LogP) is 4.34. The van der Waals surface area contributed by atoms with Crippen molar-refractivity contribution in [2.24, 2.45) is 0 Å². The molecule has 1 aromatic carbocycles. The number of nitrogens with one attached hydrogen (secondary N) is 1. The zero-order chi connectivity index (χ0) is 13.7. The first-order valence-electron chi connectivity index (χ1n) is 6.67. The van der Waals surface area contributed by atoms with Crippen LogP contribution in [0.3, 0.4) is 0 Å². The molecule has 0 saturated heterocycles. The Balaban J connectivity index is 2.06. The minimum atomic E-state index is 0.379. The Labute approximate surface area is 119 Å². The number of hydrogen-bond donors (Lipinski definition) is 1. The van der Waals surface area contributed by atoms with E-state index in [9.17, 15) is 0 Å². The molecule has 0 aliphatic rings. The molecule has 2 aromatic rings. The van der Waals surface area contributed by atoms with Gasteiger partial charge in [0.05, 0.1) is 6.26 Å². The molecule has 0 radical (unpaired) electrons. The third kappa shape index (κ3) is 3.88. The van der Waals surface area contributed by atoms with Crippen LogP contribution in [-0.4, -0.2) is 12.3 Å². The summed E-state index contributed by atoms with van der Waals surface area (Å²) in [6.45, 7) is 7.28. The monoisotopic (exact) mass is 275 g/mol. The van der Waals surface area contributed by atoms with Crippen molar-refractivity contribution in [3.63, 3.8) is 0 Å². The second kappa shape index (κ2) is 6.83. The molecule has 1 atom stereocenters. The molecule has 2 nitrogen and oxygen atoms in total. The highest BCUT2D eigenvalue weighted by molar-refractivity contribution is 7.99. The fraction of sp³-hybridized carbons (Fsp3) is 0.375. The van der Waals surface area contributed by atoms with Crippen LogP contribution in [0.15, 0.2) is 45.9 Å². The van der Waals surface area contributed by atoms with Crippen LogP contribution in [0.25, 0.3) is 0 Å². The Morgan fingerprint density at radius 1 is 1.26 bits per heavy atom. The van der Waals surface area contributed by atoms with E-state index in [1.54, 1.807) is 6.26 Å². The van der Waals surface area contributed by atoms with E-state index in [2.05, 4.69) is 43.4 Å². The van der Waals surface area contributed by atoms with Crippen LogP contribution in [-0.2, 0) is 0 Å². The summed E-state index contributed by atoms with van der Waals surface area (Å²) in [5.74, 6) is 2.02. The highest BCUT2D eigenvalue weighted by Gasteiger charge is 2.12. The molecule has 1 heterocycles. The van der Waals surface area contributed by atoms with E-state index in [-0.39, 0.29) is 0 Å². The summed E-state index contributed by atoms with van der Waals surface area (Å²) >= 11 is 1.85. The first kappa shape index (κ1) is 14.2. The molecule has 102 valence electrons. The molecule has 1 unspecified atom stereocenters. The quantitative estimate of drug-likeness (QED) is 0.794. The molecule has 1 aromatic heterocycles. The summed E-state index contributed by atoms with van der Waals surface area (Å²) in [7, 11) is 0. The molecule has 0 aliphatic heterocycles. The number of benzene rings is 1. The molecule has 0 saturated carbocycles. The number of hydrogen-bond acceptors (Lipinski definition) is 3. The van der Waals surface area contributed by atoms with Crippen molar-refractivity contribution in [3.05, 3.63) is 53.5 Å². The van der Waals surface area contributed by atoms with Crippen molar-refractivity contribution in [2.75, 3.05) is 12.3 Å². The van der Waals surface area contributed by atoms with Crippen molar-refractivity contribution in [1.82, 2.24) is 5.32 Å². The third-order valence-electron chi connectivity index (χ3n) is 3.11. The zero-order valence-corrected chi connectivity index (χ0v) is 12.6. The van der Waals surface area contributed by atoms with Gasteiger partial charge in [0.2, 0.25) is 0 Å². The summed E-state index contributed by atoms with van der Waals surface area (Å²) in [4.78, 5) is 1.23. The van der Waals surface area contributed by atoms with Crippen molar-refractivity contribution < 1.29 is 4.42 Å². The minimum absolute atomic E-state index is 0.379. The smallest absolute Gasteiger partial charge is 0.114 e. The molecule has 0 amide bonds. The second-order valence-corrected chi connectivity index (χ2v) is 5.74. The lowest BCUT2D eigenvalue weighted by Gasteiger charge is -2.18. The Morgan fingerprint density at radius 2 is 2.11 bits per heavy atom. The lowest BCUT2D eigenvalue weighted by Crippen LogP contribution is -2.23. The van der Waals surface area contributed by atoms with Crippen LogP contribution in [0.1, 0.15) is 29.9 Å². The van der Waals surface area contributed by atoms with Crippen LogP contribution in [0, 0.1) is 13.8 Å². The molecule has 0 bridgehead atoms. The van der Waals surface area contributed by atoms with Crippen molar-refractivity contribution in [1.29, 1.82) is 0 Å².